The van der Waals surface area contributed by atoms with Crippen molar-refractivity contribution in [2.75, 3.05) is 39.8 Å². The molecule has 4 amide bonds. The van der Waals surface area contributed by atoms with E-state index in [0.717, 1.165) is 11.1 Å². The number of hydrogen-bond acceptors (Lipinski definition) is 6. The second kappa shape index (κ2) is 13.2. The van der Waals surface area contributed by atoms with Crippen LogP contribution in [0.1, 0.15) is 42.3 Å². The lowest BCUT2D eigenvalue weighted by Crippen LogP contribution is -2.66. The minimum Gasteiger partial charge on any atom is -0.374 e. The van der Waals surface area contributed by atoms with E-state index in [9.17, 15) is 19.2 Å². The summed E-state index contributed by atoms with van der Waals surface area (Å²) in [6.45, 7) is 7.59. The third-order valence-corrected chi connectivity index (χ3v) is 8.53. The molecule has 11 heteroatoms. The molecule has 3 aromatic rings. The molecular formula is C34H42N6O5. The number of likely N-dealkylation sites (tertiary alicyclic amines) is 2. The van der Waals surface area contributed by atoms with Crippen molar-refractivity contribution in [1.82, 2.24) is 30.2 Å². The number of hydrogen-bond donors (Lipinski definition) is 2. The Hall–Kier alpha value is -4.51. The number of likely N-dealkylation sites (N-methyl/N-ethyl adjacent to an activating group) is 1. The highest BCUT2D eigenvalue weighted by molar-refractivity contribution is 5.95. The van der Waals surface area contributed by atoms with Crippen LogP contribution in [-0.4, -0.2) is 89.1 Å². The Balaban J connectivity index is 1.30. The second-order valence-corrected chi connectivity index (χ2v) is 13.1. The van der Waals surface area contributed by atoms with Gasteiger partial charge in [0.2, 0.25) is 17.7 Å². The molecule has 0 bridgehead atoms. The van der Waals surface area contributed by atoms with Gasteiger partial charge >= 0.3 is 0 Å². The van der Waals surface area contributed by atoms with E-state index in [1.54, 1.807) is 26.9 Å². The molecule has 2 fully saturated rings. The lowest BCUT2D eigenvalue weighted by atomic mass is 9.70. The number of nitrogens with one attached hydrogen (secondary N) is 2. The van der Waals surface area contributed by atoms with Gasteiger partial charge in [0.05, 0.1) is 37.4 Å². The third kappa shape index (κ3) is 7.25. The number of benzene rings is 2. The standard InChI is InChI=1S/C34H42N6O5/c1-33(2,3)32(44)39-22-34(23-39)21-38(31(43)26-15-36-40(17-26)16-24-11-7-5-8-12-24)18-27(34)29(41)37-28(30(42)35-4)20-45-19-25-13-9-6-10-14-25/h5-15,17,27-28H,16,18-23H2,1-4H3,(H,35,42)(H,37,41)/t27-,28-/m0/s1. The van der Waals surface area contributed by atoms with Crippen molar-refractivity contribution in [3.8, 4) is 0 Å². The number of rotatable bonds is 10. The first-order valence-corrected chi connectivity index (χ1v) is 15.3. The molecule has 2 saturated heterocycles. The van der Waals surface area contributed by atoms with Gasteiger partial charge in [-0.1, -0.05) is 81.4 Å². The van der Waals surface area contributed by atoms with Crippen molar-refractivity contribution in [1.29, 1.82) is 0 Å². The molecule has 0 unspecified atom stereocenters. The number of aromatic nitrogens is 2. The van der Waals surface area contributed by atoms with Crippen molar-refractivity contribution in [2.24, 2.45) is 16.7 Å². The lowest BCUT2D eigenvalue weighted by molar-refractivity contribution is -0.157. The van der Waals surface area contributed by atoms with Crippen LogP contribution in [-0.2, 0) is 32.3 Å². The van der Waals surface area contributed by atoms with Gasteiger partial charge in [-0.2, -0.15) is 5.10 Å². The third-order valence-electron chi connectivity index (χ3n) is 8.53. The maximum Gasteiger partial charge on any atom is 0.257 e. The highest BCUT2D eigenvalue weighted by Crippen LogP contribution is 2.45. The second-order valence-electron chi connectivity index (χ2n) is 13.1. The number of carbonyl (C=O) groups excluding carboxylic acids is 4. The quantitative estimate of drug-likeness (QED) is 0.361. The Morgan fingerprint density at radius 1 is 0.956 bits per heavy atom. The van der Waals surface area contributed by atoms with Crippen molar-refractivity contribution in [3.63, 3.8) is 0 Å². The van der Waals surface area contributed by atoms with Gasteiger partial charge in [0.15, 0.2) is 0 Å². The Morgan fingerprint density at radius 2 is 1.58 bits per heavy atom. The van der Waals surface area contributed by atoms with Crippen LogP contribution in [0.3, 0.4) is 0 Å². The van der Waals surface area contributed by atoms with Crippen LogP contribution < -0.4 is 10.6 Å². The normalized spacial score (nSPS) is 17.9. The summed E-state index contributed by atoms with van der Waals surface area (Å²) >= 11 is 0. The fraction of sp³-hybridized carbons (Fsp3) is 0.441. The molecule has 1 aromatic heterocycles. The summed E-state index contributed by atoms with van der Waals surface area (Å²) in [5.74, 6) is -1.56. The maximum absolute atomic E-state index is 13.9. The molecule has 2 aromatic carbocycles. The summed E-state index contributed by atoms with van der Waals surface area (Å²) < 4.78 is 7.52. The largest absolute Gasteiger partial charge is 0.374 e. The maximum atomic E-state index is 13.9. The molecule has 3 heterocycles. The van der Waals surface area contributed by atoms with E-state index >= 15 is 0 Å². The summed E-state index contributed by atoms with van der Waals surface area (Å²) in [5, 5.41) is 9.88. The summed E-state index contributed by atoms with van der Waals surface area (Å²) in [6, 6.07) is 18.5. The van der Waals surface area contributed by atoms with Crippen LogP contribution in [0.4, 0.5) is 0 Å². The first-order valence-electron chi connectivity index (χ1n) is 15.3. The minimum absolute atomic E-state index is 0.00297. The molecule has 2 aliphatic heterocycles. The van der Waals surface area contributed by atoms with Crippen molar-refractivity contribution in [3.05, 3.63) is 89.7 Å². The fourth-order valence-electron chi connectivity index (χ4n) is 6.15. The molecule has 2 aliphatic rings. The first kappa shape index (κ1) is 31.9. The van der Waals surface area contributed by atoms with Gasteiger partial charge in [0.25, 0.3) is 5.91 Å². The van der Waals surface area contributed by atoms with E-state index in [4.69, 9.17) is 4.74 Å². The van der Waals surface area contributed by atoms with Crippen molar-refractivity contribution >= 4 is 23.6 Å². The van der Waals surface area contributed by atoms with E-state index in [1.165, 1.54) is 7.05 Å². The Kier molecular flexibility index (Phi) is 9.38. The summed E-state index contributed by atoms with van der Waals surface area (Å²) in [7, 11) is 1.51. The van der Waals surface area contributed by atoms with Gasteiger partial charge < -0.3 is 25.2 Å². The van der Waals surface area contributed by atoms with Crippen LogP contribution >= 0.6 is 0 Å². The number of amides is 4. The van der Waals surface area contributed by atoms with Crippen LogP contribution in [0, 0.1) is 16.7 Å². The first-order chi connectivity index (χ1) is 21.5. The van der Waals surface area contributed by atoms with Gasteiger partial charge in [-0.05, 0) is 11.1 Å². The zero-order valence-electron chi connectivity index (χ0n) is 26.4. The SMILES string of the molecule is CNC(=O)[C@H](COCc1ccccc1)NC(=O)[C@@H]1CN(C(=O)c2cnn(Cc3ccccc3)c2)CC12CN(C(=O)C(C)(C)C)C2. The number of carbonyl (C=O) groups is 4. The van der Waals surface area contributed by atoms with Crippen LogP contribution in [0.15, 0.2) is 73.1 Å². The molecule has 45 heavy (non-hydrogen) atoms. The molecule has 2 N–H and O–H groups in total. The number of ether oxygens (including phenoxy) is 1. The number of nitrogens with zero attached hydrogens (tertiary/aromatic N) is 4. The van der Waals surface area contributed by atoms with Crippen LogP contribution in [0.2, 0.25) is 0 Å². The minimum atomic E-state index is -0.920. The molecule has 11 nitrogen and oxygen atoms in total. The topological polar surface area (TPSA) is 126 Å². The van der Waals surface area contributed by atoms with E-state index in [2.05, 4.69) is 15.7 Å². The molecule has 0 aliphatic carbocycles. The smallest absolute Gasteiger partial charge is 0.257 e. The average molecular weight is 615 g/mol. The fourth-order valence-corrected chi connectivity index (χ4v) is 6.15. The van der Waals surface area contributed by atoms with Gasteiger partial charge in [-0.25, -0.2) is 0 Å². The molecule has 2 atom stereocenters. The van der Waals surface area contributed by atoms with Gasteiger partial charge in [0, 0.05) is 50.3 Å². The highest BCUT2D eigenvalue weighted by Gasteiger charge is 2.59. The van der Waals surface area contributed by atoms with Crippen LogP contribution in [0.5, 0.6) is 0 Å². The summed E-state index contributed by atoms with van der Waals surface area (Å²) in [6.07, 6.45) is 3.27. The van der Waals surface area contributed by atoms with E-state index in [-0.39, 0.29) is 36.8 Å². The summed E-state index contributed by atoms with van der Waals surface area (Å²) in [5.41, 5.74) is 1.25. The van der Waals surface area contributed by atoms with Gasteiger partial charge in [0.1, 0.15) is 6.04 Å². The molecule has 0 radical (unpaired) electrons. The molecule has 0 saturated carbocycles. The Morgan fingerprint density at radius 3 is 2.20 bits per heavy atom. The molecule has 5 rings (SSSR count). The van der Waals surface area contributed by atoms with Gasteiger partial charge in [-0.15, -0.1) is 0 Å². The zero-order valence-corrected chi connectivity index (χ0v) is 26.4. The van der Waals surface area contributed by atoms with Crippen molar-refractivity contribution < 1.29 is 23.9 Å². The lowest BCUT2D eigenvalue weighted by Gasteiger charge is -2.52. The van der Waals surface area contributed by atoms with E-state index < -0.39 is 22.8 Å². The molecular weight excluding hydrogens is 572 g/mol. The summed E-state index contributed by atoms with van der Waals surface area (Å²) in [4.78, 5) is 56.9. The Labute approximate surface area is 263 Å². The predicted molar refractivity (Wildman–Crippen MR) is 168 cm³/mol. The van der Waals surface area contributed by atoms with E-state index in [1.807, 2.05) is 81.4 Å². The Bertz CT molecular complexity index is 1510. The molecule has 238 valence electrons. The van der Waals surface area contributed by atoms with Gasteiger partial charge in [-0.3, -0.25) is 23.9 Å². The van der Waals surface area contributed by atoms with Crippen LogP contribution in [0.25, 0.3) is 0 Å². The highest BCUT2D eigenvalue weighted by atomic mass is 16.5. The average Bonchev–Trinajstić information content (AvgIpc) is 3.65. The predicted octanol–water partition coefficient (Wildman–Crippen LogP) is 2.33. The zero-order chi connectivity index (χ0) is 32.2. The van der Waals surface area contributed by atoms with Crippen molar-refractivity contribution in [2.45, 2.75) is 40.0 Å². The monoisotopic (exact) mass is 614 g/mol. The molecule has 1 spiro atoms. The van der Waals surface area contributed by atoms with E-state index in [0.29, 0.717) is 38.3 Å².